The van der Waals surface area contributed by atoms with Gasteiger partial charge in [-0.15, -0.1) is 0 Å². The van der Waals surface area contributed by atoms with E-state index in [0.29, 0.717) is 0 Å². The smallest absolute Gasteiger partial charge is 0.316 e. The summed E-state index contributed by atoms with van der Waals surface area (Å²) in [5, 5.41) is 3.22. The van der Waals surface area contributed by atoms with Gasteiger partial charge in [0, 0.05) is 6.54 Å². The van der Waals surface area contributed by atoms with E-state index in [1.807, 2.05) is 6.92 Å². The van der Waals surface area contributed by atoms with Crippen molar-refractivity contribution >= 4 is 0 Å². The molecule has 0 fully saturated rings. The molecule has 1 N–H and O–H groups in total. The molecule has 1 aliphatic heterocycles. The van der Waals surface area contributed by atoms with Crippen molar-refractivity contribution in [3.63, 3.8) is 0 Å². The fourth-order valence-corrected chi connectivity index (χ4v) is 2.11. The van der Waals surface area contributed by atoms with E-state index in [1.54, 1.807) is 6.07 Å². The zero-order valence-electron chi connectivity index (χ0n) is 9.06. The van der Waals surface area contributed by atoms with Crippen molar-refractivity contribution in [1.82, 2.24) is 5.32 Å². The van der Waals surface area contributed by atoms with Crippen LogP contribution in [0.4, 0.5) is 13.2 Å². The Morgan fingerprint density at radius 2 is 2.06 bits per heavy atom. The van der Waals surface area contributed by atoms with Crippen molar-refractivity contribution in [3.05, 3.63) is 34.9 Å². The maximum Gasteiger partial charge on any atom is 0.416 e. The molecular weight excluding hydrogens is 215 g/mol. The number of alkyl halides is 3. The van der Waals surface area contributed by atoms with Crippen LogP contribution in [0.2, 0.25) is 0 Å². The van der Waals surface area contributed by atoms with Crippen LogP contribution in [0, 0.1) is 0 Å². The second-order valence-corrected chi connectivity index (χ2v) is 4.27. The van der Waals surface area contributed by atoms with Crippen LogP contribution in [0.1, 0.15) is 29.5 Å². The number of hydrogen-bond donors (Lipinski definition) is 1. The minimum atomic E-state index is -4.24. The number of fused-ring (bicyclic) bond motifs is 1. The van der Waals surface area contributed by atoms with Gasteiger partial charge in [-0.2, -0.15) is 13.2 Å². The molecule has 1 aromatic rings. The van der Waals surface area contributed by atoms with Crippen molar-refractivity contribution < 1.29 is 13.2 Å². The van der Waals surface area contributed by atoms with Gasteiger partial charge in [-0.05, 0) is 42.1 Å². The summed E-state index contributed by atoms with van der Waals surface area (Å²) in [4.78, 5) is 0. The van der Waals surface area contributed by atoms with Crippen LogP contribution in [0.3, 0.4) is 0 Å². The van der Waals surface area contributed by atoms with Gasteiger partial charge >= 0.3 is 6.18 Å². The predicted molar refractivity (Wildman–Crippen MR) is 56.4 cm³/mol. The zero-order chi connectivity index (χ0) is 11.8. The molecular formula is C12H14F3N. The lowest BCUT2D eigenvalue weighted by molar-refractivity contribution is -0.137. The average Bonchev–Trinajstić information content (AvgIpc) is 2.39. The lowest BCUT2D eigenvalue weighted by atomic mass is 9.93. The maximum atomic E-state index is 12.6. The van der Waals surface area contributed by atoms with E-state index in [1.165, 1.54) is 12.1 Å². The molecule has 4 heteroatoms. The van der Waals surface area contributed by atoms with Gasteiger partial charge in [0.1, 0.15) is 0 Å². The van der Waals surface area contributed by atoms with Gasteiger partial charge in [-0.1, -0.05) is 13.0 Å². The van der Waals surface area contributed by atoms with Crippen molar-refractivity contribution in [1.29, 1.82) is 0 Å². The Labute approximate surface area is 92.7 Å². The van der Waals surface area contributed by atoms with Gasteiger partial charge in [0.15, 0.2) is 0 Å². The van der Waals surface area contributed by atoms with E-state index in [4.69, 9.17) is 0 Å². The van der Waals surface area contributed by atoms with E-state index in [9.17, 15) is 13.2 Å². The van der Waals surface area contributed by atoms with Crippen LogP contribution < -0.4 is 5.32 Å². The van der Waals surface area contributed by atoms with Gasteiger partial charge in [-0.25, -0.2) is 0 Å². The summed E-state index contributed by atoms with van der Waals surface area (Å²) in [6, 6.07) is 4.09. The molecule has 88 valence electrons. The van der Waals surface area contributed by atoms with Crippen LogP contribution in [-0.4, -0.2) is 13.1 Å². The molecule has 0 spiro atoms. The number of hydrogen-bond acceptors (Lipinski definition) is 1. The summed E-state index contributed by atoms with van der Waals surface area (Å²) in [6.45, 7) is 3.54. The van der Waals surface area contributed by atoms with Crippen LogP contribution in [0.25, 0.3) is 0 Å². The SMILES string of the molecule is C[C@@H]1CNCCc2ccc(C(F)(F)F)cc21. The van der Waals surface area contributed by atoms with E-state index in [2.05, 4.69) is 5.32 Å². The summed E-state index contributed by atoms with van der Waals surface area (Å²) in [5.41, 5.74) is 1.32. The second kappa shape index (κ2) is 4.09. The first kappa shape index (κ1) is 11.5. The van der Waals surface area contributed by atoms with Gasteiger partial charge in [0.2, 0.25) is 0 Å². The van der Waals surface area contributed by atoms with Crippen LogP contribution in [0.15, 0.2) is 18.2 Å². The second-order valence-electron chi connectivity index (χ2n) is 4.27. The van der Waals surface area contributed by atoms with Gasteiger partial charge in [0.05, 0.1) is 5.56 Å². The summed E-state index contributed by atoms with van der Waals surface area (Å²) >= 11 is 0. The lowest BCUT2D eigenvalue weighted by Crippen LogP contribution is -2.18. The molecule has 0 aliphatic carbocycles. The predicted octanol–water partition coefficient (Wildman–Crippen LogP) is 2.95. The van der Waals surface area contributed by atoms with E-state index in [-0.39, 0.29) is 5.92 Å². The Morgan fingerprint density at radius 1 is 1.31 bits per heavy atom. The molecule has 1 atom stereocenters. The highest BCUT2D eigenvalue weighted by atomic mass is 19.4. The Morgan fingerprint density at radius 3 is 2.75 bits per heavy atom. The van der Waals surface area contributed by atoms with Crippen LogP contribution in [-0.2, 0) is 12.6 Å². The highest BCUT2D eigenvalue weighted by molar-refractivity contribution is 5.36. The molecule has 0 aromatic heterocycles. The number of nitrogens with one attached hydrogen (secondary N) is 1. The molecule has 0 amide bonds. The van der Waals surface area contributed by atoms with Crippen molar-refractivity contribution in [3.8, 4) is 0 Å². The number of halogens is 3. The van der Waals surface area contributed by atoms with Gasteiger partial charge in [-0.3, -0.25) is 0 Å². The monoisotopic (exact) mass is 229 g/mol. The quantitative estimate of drug-likeness (QED) is 0.721. The Hall–Kier alpha value is -1.03. The third-order valence-electron chi connectivity index (χ3n) is 3.03. The first-order valence-corrected chi connectivity index (χ1v) is 5.39. The molecule has 2 rings (SSSR count). The average molecular weight is 229 g/mol. The first-order chi connectivity index (χ1) is 7.48. The molecule has 0 saturated carbocycles. The molecule has 1 heterocycles. The Kier molecular flexibility index (Phi) is 2.93. The number of rotatable bonds is 0. The molecule has 0 unspecified atom stereocenters. The minimum Gasteiger partial charge on any atom is -0.316 e. The summed E-state index contributed by atoms with van der Waals surface area (Å²) in [6.07, 6.45) is -3.44. The van der Waals surface area contributed by atoms with Crippen LogP contribution >= 0.6 is 0 Å². The summed E-state index contributed by atoms with van der Waals surface area (Å²) in [5.74, 6) is 0.139. The van der Waals surface area contributed by atoms with E-state index in [0.717, 1.165) is 30.6 Å². The molecule has 16 heavy (non-hydrogen) atoms. The van der Waals surface area contributed by atoms with Crippen molar-refractivity contribution in [2.75, 3.05) is 13.1 Å². The van der Waals surface area contributed by atoms with Gasteiger partial charge < -0.3 is 5.32 Å². The van der Waals surface area contributed by atoms with E-state index >= 15 is 0 Å². The Balaban J connectivity index is 2.43. The fourth-order valence-electron chi connectivity index (χ4n) is 2.11. The topological polar surface area (TPSA) is 12.0 Å². The molecule has 0 bridgehead atoms. The maximum absolute atomic E-state index is 12.6. The first-order valence-electron chi connectivity index (χ1n) is 5.39. The largest absolute Gasteiger partial charge is 0.416 e. The zero-order valence-corrected chi connectivity index (χ0v) is 9.06. The van der Waals surface area contributed by atoms with Crippen molar-refractivity contribution in [2.24, 2.45) is 0 Å². The Bertz CT molecular complexity index is 384. The highest BCUT2D eigenvalue weighted by Gasteiger charge is 2.31. The third kappa shape index (κ3) is 2.21. The lowest BCUT2D eigenvalue weighted by Gasteiger charge is -2.15. The minimum absolute atomic E-state index is 0.139. The molecule has 1 nitrogen and oxygen atoms in total. The van der Waals surface area contributed by atoms with Gasteiger partial charge in [0.25, 0.3) is 0 Å². The third-order valence-corrected chi connectivity index (χ3v) is 3.03. The molecule has 1 aromatic carbocycles. The molecule has 0 radical (unpaired) electrons. The van der Waals surface area contributed by atoms with E-state index < -0.39 is 11.7 Å². The summed E-state index contributed by atoms with van der Waals surface area (Å²) in [7, 11) is 0. The number of benzene rings is 1. The normalized spacial score (nSPS) is 21.4. The fraction of sp³-hybridized carbons (Fsp3) is 0.500. The van der Waals surface area contributed by atoms with Crippen molar-refractivity contribution in [2.45, 2.75) is 25.4 Å². The molecule has 0 saturated heterocycles. The standard InChI is InChI=1S/C12H14F3N/c1-8-7-16-5-4-9-2-3-10(6-11(8)9)12(13,14)15/h2-3,6,8,16H,4-5,7H2,1H3/t8-/m1/s1. The summed E-state index contributed by atoms with van der Waals surface area (Å²) < 4.78 is 37.7. The van der Waals surface area contributed by atoms with Crippen LogP contribution in [0.5, 0.6) is 0 Å². The molecule has 1 aliphatic rings. The highest BCUT2D eigenvalue weighted by Crippen LogP contribution is 2.33.